The van der Waals surface area contributed by atoms with Crippen molar-refractivity contribution in [2.45, 2.75) is 64.5 Å². The molecule has 3 nitrogen and oxygen atoms in total. The van der Waals surface area contributed by atoms with Gasteiger partial charge in [0.25, 0.3) is 0 Å². The first-order chi connectivity index (χ1) is 8.16. The number of nitrogens with zero attached hydrogens (tertiary/aromatic N) is 1. The molecule has 0 aliphatic heterocycles. The van der Waals surface area contributed by atoms with Crippen LogP contribution in [0.25, 0.3) is 0 Å². The fourth-order valence-electron chi connectivity index (χ4n) is 2.56. The molecule has 0 unspecified atom stereocenters. The van der Waals surface area contributed by atoms with Crippen molar-refractivity contribution in [1.29, 1.82) is 0 Å². The van der Waals surface area contributed by atoms with Gasteiger partial charge in [-0.25, -0.2) is 0 Å². The molecule has 0 aromatic carbocycles. The second-order valence-electron chi connectivity index (χ2n) is 5.89. The zero-order valence-electron chi connectivity index (χ0n) is 11.2. The number of amides is 1. The number of carbonyl (C=O) groups is 1. The Morgan fingerprint density at radius 2 is 1.88 bits per heavy atom. The van der Waals surface area contributed by atoms with E-state index in [-0.39, 0.29) is 5.91 Å². The van der Waals surface area contributed by atoms with E-state index in [9.17, 15) is 4.79 Å². The third-order valence-corrected chi connectivity index (χ3v) is 3.61. The van der Waals surface area contributed by atoms with Crippen LogP contribution in [-0.2, 0) is 9.53 Å². The van der Waals surface area contributed by atoms with Gasteiger partial charge in [-0.3, -0.25) is 4.79 Å². The van der Waals surface area contributed by atoms with Crippen molar-refractivity contribution in [3.8, 4) is 0 Å². The summed E-state index contributed by atoms with van der Waals surface area (Å²) in [5.41, 5.74) is 0. The summed E-state index contributed by atoms with van der Waals surface area (Å²) in [6, 6.07) is 0.511. The van der Waals surface area contributed by atoms with Gasteiger partial charge in [0.1, 0.15) is 6.61 Å². The summed E-state index contributed by atoms with van der Waals surface area (Å²) in [7, 11) is 0. The predicted molar refractivity (Wildman–Crippen MR) is 67.8 cm³/mol. The first kappa shape index (κ1) is 12.9. The van der Waals surface area contributed by atoms with Gasteiger partial charge in [0.05, 0.1) is 6.10 Å². The molecule has 3 heteroatoms. The normalized spacial score (nSPS) is 21.1. The van der Waals surface area contributed by atoms with E-state index in [0.29, 0.717) is 24.7 Å². The fourth-order valence-corrected chi connectivity index (χ4v) is 2.56. The Hall–Kier alpha value is -0.570. The van der Waals surface area contributed by atoms with Crippen molar-refractivity contribution in [3.63, 3.8) is 0 Å². The molecule has 0 spiro atoms. The van der Waals surface area contributed by atoms with E-state index in [0.717, 1.165) is 19.4 Å². The van der Waals surface area contributed by atoms with Crippen LogP contribution in [0.3, 0.4) is 0 Å². The van der Waals surface area contributed by atoms with Gasteiger partial charge in [-0.1, -0.05) is 26.7 Å². The highest BCUT2D eigenvalue weighted by atomic mass is 16.5. The molecule has 17 heavy (non-hydrogen) atoms. The van der Waals surface area contributed by atoms with E-state index in [1.165, 1.54) is 25.7 Å². The lowest BCUT2D eigenvalue weighted by atomic mass is 10.2. The molecule has 0 saturated heterocycles. The van der Waals surface area contributed by atoms with E-state index in [4.69, 9.17) is 4.74 Å². The fraction of sp³-hybridized carbons (Fsp3) is 0.929. The van der Waals surface area contributed by atoms with E-state index in [1.807, 2.05) is 4.90 Å². The van der Waals surface area contributed by atoms with Crippen LogP contribution in [0.5, 0.6) is 0 Å². The third kappa shape index (κ3) is 3.98. The molecule has 2 aliphatic rings. The Kier molecular flexibility index (Phi) is 4.43. The number of hydrogen-bond acceptors (Lipinski definition) is 2. The average molecular weight is 239 g/mol. The van der Waals surface area contributed by atoms with Crippen molar-refractivity contribution in [2.75, 3.05) is 13.2 Å². The monoisotopic (exact) mass is 239 g/mol. The summed E-state index contributed by atoms with van der Waals surface area (Å²) in [5, 5.41) is 0. The molecule has 0 aromatic heterocycles. The predicted octanol–water partition coefficient (Wildman–Crippen LogP) is 2.59. The second-order valence-corrected chi connectivity index (χ2v) is 5.89. The molecule has 2 fully saturated rings. The van der Waals surface area contributed by atoms with Crippen LogP contribution in [0.2, 0.25) is 0 Å². The molecule has 0 N–H and O–H groups in total. The van der Waals surface area contributed by atoms with E-state index >= 15 is 0 Å². The van der Waals surface area contributed by atoms with Gasteiger partial charge in [0.2, 0.25) is 5.91 Å². The summed E-state index contributed by atoms with van der Waals surface area (Å²) in [5.74, 6) is 0.749. The molecule has 2 aliphatic carbocycles. The largest absolute Gasteiger partial charge is 0.368 e. The first-order valence-electron chi connectivity index (χ1n) is 7.08. The third-order valence-electron chi connectivity index (χ3n) is 3.61. The lowest BCUT2D eigenvalue weighted by Gasteiger charge is -2.25. The zero-order valence-corrected chi connectivity index (χ0v) is 11.2. The number of hydrogen-bond donors (Lipinski definition) is 0. The molecule has 0 heterocycles. The lowest BCUT2D eigenvalue weighted by molar-refractivity contribution is -0.139. The molecule has 98 valence electrons. The van der Waals surface area contributed by atoms with Crippen molar-refractivity contribution in [3.05, 3.63) is 0 Å². The molecule has 1 amide bonds. The van der Waals surface area contributed by atoms with Crippen molar-refractivity contribution in [1.82, 2.24) is 4.90 Å². The molecule has 2 saturated carbocycles. The molecule has 0 bridgehead atoms. The Labute approximate surface area is 105 Å². The van der Waals surface area contributed by atoms with Crippen molar-refractivity contribution >= 4 is 5.91 Å². The maximum absolute atomic E-state index is 12.1. The van der Waals surface area contributed by atoms with Crippen molar-refractivity contribution < 1.29 is 9.53 Å². The second kappa shape index (κ2) is 5.85. The Bertz CT molecular complexity index is 255. The van der Waals surface area contributed by atoms with E-state index < -0.39 is 0 Å². The number of rotatable bonds is 6. The molecule has 0 radical (unpaired) electrons. The van der Waals surface area contributed by atoms with Gasteiger partial charge in [-0.15, -0.1) is 0 Å². The molecular formula is C14H25NO2. The highest BCUT2D eigenvalue weighted by Crippen LogP contribution is 2.28. The van der Waals surface area contributed by atoms with Crippen LogP contribution >= 0.6 is 0 Å². The summed E-state index contributed by atoms with van der Waals surface area (Å²) >= 11 is 0. The van der Waals surface area contributed by atoms with Gasteiger partial charge < -0.3 is 9.64 Å². The van der Waals surface area contributed by atoms with Crippen molar-refractivity contribution in [2.24, 2.45) is 5.92 Å². The number of carbonyl (C=O) groups excluding carboxylic acids is 1. The summed E-state index contributed by atoms with van der Waals surface area (Å²) in [4.78, 5) is 14.2. The topological polar surface area (TPSA) is 29.5 Å². The summed E-state index contributed by atoms with van der Waals surface area (Å²) in [6.07, 6.45) is 7.51. The maximum atomic E-state index is 12.1. The maximum Gasteiger partial charge on any atom is 0.248 e. The Balaban J connectivity index is 1.75. The van der Waals surface area contributed by atoms with Crippen LogP contribution in [-0.4, -0.2) is 36.1 Å². The van der Waals surface area contributed by atoms with Gasteiger partial charge >= 0.3 is 0 Å². The van der Waals surface area contributed by atoms with Crippen LogP contribution in [0.15, 0.2) is 0 Å². The highest BCUT2D eigenvalue weighted by Gasteiger charge is 2.33. The smallest absolute Gasteiger partial charge is 0.248 e. The van der Waals surface area contributed by atoms with E-state index in [1.54, 1.807) is 0 Å². The van der Waals surface area contributed by atoms with Crippen LogP contribution in [0.1, 0.15) is 52.4 Å². The Morgan fingerprint density at radius 1 is 1.24 bits per heavy atom. The zero-order chi connectivity index (χ0) is 12.3. The lowest BCUT2D eigenvalue weighted by Crippen LogP contribution is -2.39. The van der Waals surface area contributed by atoms with Crippen LogP contribution in [0, 0.1) is 5.92 Å². The minimum atomic E-state index is 0.202. The van der Waals surface area contributed by atoms with Gasteiger partial charge in [0, 0.05) is 12.6 Å². The Morgan fingerprint density at radius 3 is 2.41 bits per heavy atom. The van der Waals surface area contributed by atoms with Gasteiger partial charge in [0.15, 0.2) is 0 Å². The molecule has 0 atom stereocenters. The average Bonchev–Trinajstić information content (AvgIpc) is 2.99. The minimum Gasteiger partial charge on any atom is -0.368 e. The molecular weight excluding hydrogens is 214 g/mol. The van der Waals surface area contributed by atoms with Crippen LogP contribution in [0.4, 0.5) is 0 Å². The van der Waals surface area contributed by atoms with Gasteiger partial charge in [-0.05, 0) is 31.6 Å². The van der Waals surface area contributed by atoms with Crippen LogP contribution < -0.4 is 0 Å². The highest BCUT2D eigenvalue weighted by molar-refractivity contribution is 5.78. The summed E-state index contributed by atoms with van der Waals surface area (Å²) < 4.78 is 5.71. The van der Waals surface area contributed by atoms with E-state index in [2.05, 4.69) is 13.8 Å². The molecule has 2 rings (SSSR count). The van der Waals surface area contributed by atoms with Gasteiger partial charge in [-0.2, -0.15) is 0 Å². The molecule has 0 aromatic rings. The minimum absolute atomic E-state index is 0.202. The first-order valence-corrected chi connectivity index (χ1v) is 7.08. The SMILES string of the molecule is CC(C)CN(C(=O)COC1CCCC1)C1CC1. The quantitative estimate of drug-likeness (QED) is 0.713. The summed E-state index contributed by atoms with van der Waals surface area (Å²) in [6.45, 7) is 5.52. The standard InChI is InChI=1S/C14H25NO2/c1-11(2)9-15(12-7-8-12)14(16)10-17-13-5-3-4-6-13/h11-13H,3-10H2,1-2H3. The number of ether oxygens (including phenoxy) is 1.